The van der Waals surface area contributed by atoms with Crippen LogP contribution < -0.4 is 9.41 Å². The van der Waals surface area contributed by atoms with E-state index in [2.05, 4.69) is 95.1 Å². The highest BCUT2D eigenvalue weighted by molar-refractivity contribution is 7.21. The highest BCUT2D eigenvalue weighted by atomic mass is 32.1. The van der Waals surface area contributed by atoms with Crippen LogP contribution in [0.4, 0.5) is 0 Å². The summed E-state index contributed by atoms with van der Waals surface area (Å²) in [5.74, 6) is 1.03. The number of rotatable bonds is 6. The summed E-state index contributed by atoms with van der Waals surface area (Å²) < 4.78 is 8.27. The maximum atomic E-state index is 6.99. The average molecular weight is 385 g/mol. The van der Waals surface area contributed by atoms with Gasteiger partial charge in [-0.1, -0.05) is 77.1 Å². The van der Waals surface area contributed by atoms with Crippen molar-refractivity contribution in [2.75, 3.05) is 0 Å². The van der Waals surface area contributed by atoms with E-state index in [-0.39, 0.29) is 0 Å². The Morgan fingerprint density at radius 2 is 1.38 bits per heavy atom. The second-order valence-electron chi connectivity index (χ2n) is 7.97. The summed E-state index contributed by atoms with van der Waals surface area (Å²) in [4.78, 5) is 3.58. The van der Waals surface area contributed by atoms with Gasteiger partial charge in [0.25, 0.3) is 13.3 Å². The Labute approximate surface area is 162 Å². The van der Waals surface area contributed by atoms with E-state index in [4.69, 9.17) is 4.43 Å². The van der Waals surface area contributed by atoms with Gasteiger partial charge in [0, 0.05) is 6.07 Å². The minimum absolute atomic E-state index is 0.557. The molecule has 0 unspecified atom stereocenters. The summed E-state index contributed by atoms with van der Waals surface area (Å²) in [6.07, 6.45) is 0. The van der Waals surface area contributed by atoms with Crippen molar-refractivity contribution >= 4 is 29.9 Å². The molecule has 0 fully saturated rings. The lowest BCUT2D eigenvalue weighted by Gasteiger charge is -2.42. The fourth-order valence-corrected chi connectivity index (χ4v) is 10.6. The van der Waals surface area contributed by atoms with E-state index >= 15 is 0 Å². The van der Waals surface area contributed by atoms with Gasteiger partial charge >= 0.3 is 0 Å². The van der Waals surface area contributed by atoms with Crippen LogP contribution in [0.1, 0.15) is 41.5 Å². The number of para-hydroxylation sites is 2. The van der Waals surface area contributed by atoms with Gasteiger partial charge in [0.15, 0.2) is 0 Å². The quantitative estimate of drug-likeness (QED) is 0.422. The molecule has 0 aliphatic rings. The Balaban J connectivity index is 2.09. The summed E-state index contributed by atoms with van der Waals surface area (Å²) in [6.45, 7) is 14.0. The zero-order chi connectivity index (χ0) is 18.9. The summed E-state index contributed by atoms with van der Waals surface area (Å²) in [5, 5.41) is 1.17. The molecule has 2 nitrogen and oxygen atoms in total. The van der Waals surface area contributed by atoms with Gasteiger partial charge in [0.2, 0.25) is 5.52 Å². The number of nitrogens with one attached hydrogen (secondary N) is 1. The summed E-state index contributed by atoms with van der Waals surface area (Å²) in [7, 11) is -1.98. The van der Waals surface area contributed by atoms with Gasteiger partial charge in [0.05, 0.1) is 5.56 Å². The fourth-order valence-electron chi connectivity index (χ4n) is 4.33. The van der Waals surface area contributed by atoms with E-state index in [1.807, 2.05) is 0 Å². The molecule has 0 aliphatic carbocycles. The fraction of sp³-hybridized carbons (Fsp3) is 0.409. The van der Waals surface area contributed by atoms with Crippen LogP contribution in [0.5, 0.6) is 5.75 Å². The first-order chi connectivity index (χ1) is 12.4. The first-order valence-electron chi connectivity index (χ1n) is 9.55. The monoisotopic (exact) mass is 384 g/mol. The Bertz CT molecular complexity index is 830. The molecular weight excluding hydrogens is 354 g/mol. The molecule has 0 spiro atoms. The van der Waals surface area contributed by atoms with Gasteiger partial charge in [-0.05, 0) is 34.8 Å². The van der Waals surface area contributed by atoms with Crippen molar-refractivity contribution < 1.29 is 9.41 Å². The predicted molar refractivity (Wildman–Crippen MR) is 115 cm³/mol. The lowest BCUT2D eigenvalue weighted by Crippen LogP contribution is -2.50. The van der Waals surface area contributed by atoms with E-state index in [9.17, 15) is 0 Å². The van der Waals surface area contributed by atoms with Crippen LogP contribution in [0.25, 0.3) is 20.8 Å². The van der Waals surface area contributed by atoms with Crippen LogP contribution >= 0.6 is 11.3 Å². The maximum absolute atomic E-state index is 6.99. The molecule has 3 rings (SSSR count). The zero-order valence-corrected chi connectivity index (χ0v) is 18.5. The zero-order valence-electron chi connectivity index (χ0n) is 16.7. The molecule has 0 bridgehead atoms. The molecule has 1 heterocycles. The number of aromatic nitrogens is 1. The molecule has 138 valence electrons. The van der Waals surface area contributed by atoms with Crippen LogP contribution in [-0.2, 0) is 0 Å². The number of benzene rings is 2. The smallest absolute Gasteiger partial charge is 0.272 e. The van der Waals surface area contributed by atoms with Crippen molar-refractivity contribution in [3.8, 4) is 16.3 Å². The van der Waals surface area contributed by atoms with Gasteiger partial charge in [-0.2, -0.15) is 4.98 Å². The third kappa shape index (κ3) is 3.32. The Hall–Kier alpha value is -1.65. The summed E-state index contributed by atoms with van der Waals surface area (Å²) in [5.41, 5.74) is 4.03. The maximum Gasteiger partial charge on any atom is 0.272 e. The second-order valence-corrected chi connectivity index (χ2v) is 14.4. The molecule has 0 amide bonds. The molecule has 0 atom stereocenters. The van der Waals surface area contributed by atoms with Gasteiger partial charge in [-0.25, -0.2) is 0 Å². The van der Waals surface area contributed by atoms with Crippen molar-refractivity contribution in [3.63, 3.8) is 0 Å². The van der Waals surface area contributed by atoms with Crippen molar-refractivity contribution in [1.29, 1.82) is 0 Å². The van der Waals surface area contributed by atoms with Crippen LogP contribution in [0.3, 0.4) is 0 Å². The molecule has 3 aromatic rings. The van der Waals surface area contributed by atoms with Gasteiger partial charge in [-0.15, -0.1) is 0 Å². The molecule has 2 aromatic carbocycles. The Morgan fingerprint density at radius 1 is 0.808 bits per heavy atom. The number of fused-ring (bicyclic) bond motifs is 1. The molecule has 0 aliphatic heterocycles. The molecule has 0 radical (unpaired) electrons. The van der Waals surface area contributed by atoms with Gasteiger partial charge in [-0.3, -0.25) is 0 Å². The molecule has 0 saturated carbocycles. The number of aromatic amines is 1. The molecule has 0 saturated heterocycles. The average Bonchev–Trinajstić information content (AvgIpc) is 3.02. The molecule has 1 N–H and O–H groups in total. The second kappa shape index (κ2) is 7.53. The standard InChI is InChI=1S/C22H29NOSSi/c1-15(2)26(16(3)4,17(5)6)24-20-13-9-7-11-18(20)22-23-19-12-8-10-14-21(19)25-22/h7-17H,1-6H3/p+1. The Kier molecular flexibility index (Phi) is 5.54. The number of thiazole rings is 1. The highest BCUT2D eigenvalue weighted by Gasteiger charge is 2.47. The minimum atomic E-state index is -1.98. The largest absolute Gasteiger partial charge is 0.542 e. The number of hydrogen-bond donors (Lipinski definition) is 0. The first-order valence-corrected chi connectivity index (χ1v) is 12.5. The van der Waals surface area contributed by atoms with Gasteiger partial charge in [0.1, 0.15) is 10.4 Å². The SMILES string of the molecule is CC(C)[Si](Oc1ccccc1-c1[nH+]c2ccccc2s1)(C(C)C)C(C)C. The van der Waals surface area contributed by atoms with E-state index in [1.54, 1.807) is 11.3 Å². The lowest BCUT2D eigenvalue weighted by atomic mass is 10.2. The normalized spacial score (nSPS) is 12.5. The minimum Gasteiger partial charge on any atom is -0.542 e. The highest BCUT2D eigenvalue weighted by Crippen LogP contribution is 2.45. The van der Waals surface area contributed by atoms with Crippen LogP contribution in [-0.4, -0.2) is 8.32 Å². The first kappa shape index (κ1) is 19.1. The number of H-pyrrole nitrogens is 1. The molecule has 26 heavy (non-hydrogen) atoms. The summed E-state index contributed by atoms with van der Waals surface area (Å²) in [6, 6.07) is 17.0. The molecule has 4 heteroatoms. The Morgan fingerprint density at radius 3 is 2.00 bits per heavy atom. The van der Waals surface area contributed by atoms with Crippen molar-refractivity contribution in [3.05, 3.63) is 48.5 Å². The van der Waals surface area contributed by atoms with Crippen molar-refractivity contribution in [2.24, 2.45) is 0 Å². The topological polar surface area (TPSA) is 23.4 Å². The van der Waals surface area contributed by atoms with E-state index in [1.165, 1.54) is 20.8 Å². The predicted octanol–water partition coefficient (Wildman–Crippen LogP) is 6.94. The lowest BCUT2D eigenvalue weighted by molar-refractivity contribution is -0.325. The summed E-state index contributed by atoms with van der Waals surface area (Å²) >= 11 is 1.80. The number of hydrogen-bond acceptors (Lipinski definition) is 2. The molecular formula is C22H30NOSSi+. The third-order valence-electron chi connectivity index (χ3n) is 5.47. The van der Waals surface area contributed by atoms with E-state index in [0.29, 0.717) is 16.6 Å². The van der Waals surface area contributed by atoms with Crippen molar-refractivity contribution in [1.82, 2.24) is 0 Å². The van der Waals surface area contributed by atoms with Crippen LogP contribution in [0.15, 0.2) is 48.5 Å². The van der Waals surface area contributed by atoms with Crippen LogP contribution in [0.2, 0.25) is 16.6 Å². The van der Waals surface area contributed by atoms with E-state index in [0.717, 1.165) is 5.75 Å². The van der Waals surface area contributed by atoms with Gasteiger partial charge < -0.3 is 4.43 Å². The van der Waals surface area contributed by atoms with E-state index < -0.39 is 8.32 Å². The third-order valence-corrected chi connectivity index (χ3v) is 12.6. The van der Waals surface area contributed by atoms with Crippen molar-refractivity contribution in [2.45, 2.75) is 58.2 Å². The van der Waals surface area contributed by atoms with Crippen LogP contribution in [0, 0.1) is 0 Å². The molecule has 1 aromatic heterocycles.